The van der Waals surface area contributed by atoms with Gasteiger partial charge in [-0.2, -0.15) is 9.90 Å². The summed E-state index contributed by atoms with van der Waals surface area (Å²) >= 11 is 0. The lowest BCUT2D eigenvalue weighted by Crippen LogP contribution is -2.51. The Kier molecular flexibility index (Phi) is 5.29. The van der Waals surface area contributed by atoms with Gasteiger partial charge in [-0.3, -0.25) is 0 Å². The molecular formula is C18H18PSi. The molecule has 20 heavy (non-hydrogen) atoms. The van der Waals surface area contributed by atoms with E-state index in [0.717, 1.165) is 0 Å². The highest BCUT2D eigenvalue weighted by Crippen LogP contribution is 1.95. The Balaban J connectivity index is 0.00000147. The maximum atomic E-state index is 2.24. The maximum absolute atomic E-state index is 2.24. The van der Waals surface area contributed by atoms with E-state index >= 15 is 0 Å². The van der Waals surface area contributed by atoms with Gasteiger partial charge in [-0.05, 0) is 0 Å². The smallest absolute Gasteiger partial charge is 0.153 e. The van der Waals surface area contributed by atoms with Crippen molar-refractivity contribution >= 4 is 34.3 Å². The first-order chi connectivity index (χ1) is 9.45. The zero-order valence-corrected chi connectivity index (χ0v) is 13.8. The van der Waals surface area contributed by atoms with Crippen LogP contribution in [0.1, 0.15) is 0 Å². The van der Waals surface area contributed by atoms with Crippen LogP contribution in [0.15, 0.2) is 91.0 Å². The molecule has 1 atom stereocenters. The summed E-state index contributed by atoms with van der Waals surface area (Å²) in [6, 6.07) is 32.5. The van der Waals surface area contributed by atoms with Gasteiger partial charge >= 0.3 is 0 Å². The second kappa shape index (κ2) is 7.19. The quantitative estimate of drug-likeness (QED) is 0.395. The van der Waals surface area contributed by atoms with Crippen molar-refractivity contribution in [2.75, 3.05) is 0 Å². The van der Waals surface area contributed by atoms with E-state index in [-0.39, 0.29) is 9.90 Å². The van der Waals surface area contributed by atoms with Crippen molar-refractivity contribution in [1.29, 1.82) is 0 Å². The van der Waals surface area contributed by atoms with Gasteiger partial charge in [0.2, 0.25) is 0 Å². The third-order valence-electron chi connectivity index (χ3n) is 3.19. The second-order valence-electron chi connectivity index (χ2n) is 4.47. The van der Waals surface area contributed by atoms with Crippen LogP contribution in [0.4, 0.5) is 0 Å². The molecule has 99 valence electrons. The maximum Gasteiger partial charge on any atom is 0.154 e. The van der Waals surface area contributed by atoms with Crippen LogP contribution in [0.25, 0.3) is 0 Å². The van der Waals surface area contributed by atoms with Crippen molar-refractivity contribution in [2.45, 2.75) is 0 Å². The van der Waals surface area contributed by atoms with Crippen LogP contribution in [-0.4, -0.2) is 8.80 Å². The van der Waals surface area contributed by atoms with E-state index < -0.39 is 8.80 Å². The van der Waals surface area contributed by atoms with Crippen LogP contribution >= 0.6 is 9.90 Å². The first-order valence-electron chi connectivity index (χ1n) is 6.48. The normalized spacial score (nSPS) is 10.1. The van der Waals surface area contributed by atoms with Gasteiger partial charge < -0.3 is 0 Å². The van der Waals surface area contributed by atoms with E-state index in [9.17, 15) is 0 Å². The third kappa shape index (κ3) is 3.25. The summed E-state index contributed by atoms with van der Waals surface area (Å²) in [5.41, 5.74) is 0. The molecule has 1 unspecified atom stereocenters. The van der Waals surface area contributed by atoms with Crippen LogP contribution in [-0.2, 0) is 0 Å². The number of benzene rings is 3. The van der Waals surface area contributed by atoms with Gasteiger partial charge in [-0.1, -0.05) is 107 Å². The van der Waals surface area contributed by atoms with E-state index in [4.69, 9.17) is 0 Å². The highest BCUT2D eigenvalue weighted by atomic mass is 31.0. The first-order valence-corrected chi connectivity index (χ1v) is 7.98. The fraction of sp³-hybridized carbons (Fsp3) is 0. The molecule has 0 aromatic heterocycles. The van der Waals surface area contributed by atoms with Gasteiger partial charge in [0, 0.05) is 0 Å². The molecule has 3 aromatic carbocycles. The molecule has 0 nitrogen and oxygen atoms in total. The molecule has 0 fully saturated rings. The lowest BCUT2D eigenvalue weighted by molar-refractivity contribution is 1.71. The molecule has 0 heterocycles. The summed E-state index contributed by atoms with van der Waals surface area (Å²) in [5, 5.41) is 4.31. The SMILES string of the molecule is P.c1ccc([Si](c2ccccc2)c2ccccc2)cc1. The number of rotatable bonds is 3. The Morgan fingerprint density at radius 2 is 0.650 bits per heavy atom. The molecule has 0 amide bonds. The van der Waals surface area contributed by atoms with Gasteiger partial charge in [0.25, 0.3) is 0 Å². The van der Waals surface area contributed by atoms with Crippen LogP contribution in [0, 0.1) is 0 Å². The molecule has 0 aliphatic rings. The van der Waals surface area contributed by atoms with Crippen molar-refractivity contribution in [1.82, 2.24) is 0 Å². The fourth-order valence-corrected chi connectivity index (χ4v) is 4.89. The Hall–Kier alpha value is -1.69. The van der Waals surface area contributed by atoms with Crippen LogP contribution in [0.5, 0.6) is 0 Å². The van der Waals surface area contributed by atoms with Crippen LogP contribution in [0.2, 0.25) is 0 Å². The molecule has 0 aliphatic carbocycles. The van der Waals surface area contributed by atoms with E-state index in [0.29, 0.717) is 0 Å². The predicted octanol–water partition coefficient (Wildman–Crippen LogP) is 2.26. The number of hydrogen-bond donors (Lipinski definition) is 0. The van der Waals surface area contributed by atoms with Gasteiger partial charge in [-0.25, -0.2) is 0 Å². The molecule has 3 aromatic rings. The largest absolute Gasteiger partial charge is 0.154 e. The van der Waals surface area contributed by atoms with Crippen LogP contribution < -0.4 is 15.6 Å². The minimum absolute atomic E-state index is 0. The molecule has 0 bridgehead atoms. The molecule has 3 rings (SSSR count). The Morgan fingerprint density at radius 1 is 0.400 bits per heavy atom. The van der Waals surface area contributed by atoms with E-state index in [1.165, 1.54) is 15.6 Å². The van der Waals surface area contributed by atoms with Gasteiger partial charge in [-0.15, -0.1) is 0 Å². The summed E-state index contributed by atoms with van der Waals surface area (Å²) in [7, 11) is -0.877. The Labute approximate surface area is 125 Å². The Morgan fingerprint density at radius 3 is 0.900 bits per heavy atom. The van der Waals surface area contributed by atoms with Crippen LogP contribution in [0.3, 0.4) is 0 Å². The third-order valence-corrected chi connectivity index (χ3v) is 5.92. The molecule has 0 aliphatic heterocycles. The molecule has 0 spiro atoms. The molecular weight excluding hydrogens is 275 g/mol. The molecule has 0 N–H and O–H groups in total. The van der Waals surface area contributed by atoms with E-state index in [2.05, 4.69) is 91.0 Å². The number of hydrogen-bond acceptors (Lipinski definition) is 0. The van der Waals surface area contributed by atoms with E-state index in [1.54, 1.807) is 0 Å². The fourth-order valence-electron chi connectivity index (χ4n) is 2.31. The lowest BCUT2D eigenvalue weighted by Gasteiger charge is -2.16. The lowest BCUT2D eigenvalue weighted by atomic mass is 10.3. The summed E-state index contributed by atoms with van der Waals surface area (Å²) in [5.74, 6) is 0. The second-order valence-corrected chi connectivity index (χ2v) is 6.96. The average Bonchev–Trinajstić information content (AvgIpc) is 2.51. The summed E-state index contributed by atoms with van der Waals surface area (Å²) in [6.07, 6.45) is 0. The highest BCUT2D eigenvalue weighted by molar-refractivity contribution is 6.95. The summed E-state index contributed by atoms with van der Waals surface area (Å²) in [6.45, 7) is 0. The van der Waals surface area contributed by atoms with Crippen molar-refractivity contribution in [3.05, 3.63) is 91.0 Å². The molecule has 2 heteroatoms. The van der Waals surface area contributed by atoms with Gasteiger partial charge in [0.15, 0.2) is 8.80 Å². The molecule has 0 saturated heterocycles. The van der Waals surface area contributed by atoms with Gasteiger partial charge in [0.05, 0.1) is 0 Å². The van der Waals surface area contributed by atoms with Crippen molar-refractivity contribution in [2.24, 2.45) is 0 Å². The highest BCUT2D eigenvalue weighted by Gasteiger charge is 2.18. The van der Waals surface area contributed by atoms with Crippen molar-refractivity contribution in [3.8, 4) is 0 Å². The average molecular weight is 293 g/mol. The predicted molar refractivity (Wildman–Crippen MR) is 95.1 cm³/mol. The first kappa shape index (κ1) is 14.7. The zero-order chi connectivity index (χ0) is 12.9. The topological polar surface area (TPSA) is 0 Å². The van der Waals surface area contributed by atoms with Gasteiger partial charge in [0.1, 0.15) is 0 Å². The minimum atomic E-state index is -0.877. The van der Waals surface area contributed by atoms with Crippen molar-refractivity contribution < 1.29 is 0 Å². The van der Waals surface area contributed by atoms with E-state index in [1.807, 2.05) is 0 Å². The zero-order valence-electron chi connectivity index (χ0n) is 11.4. The minimum Gasteiger partial charge on any atom is -0.153 e. The molecule has 0 saturated carbocycles. The standard InChI is InChI=1S/C18H15Si.H3P/c1-4-10-16(11-5-1)19(17-12-6-2-7-13-17)18-14-8-3-9-15-18;/h1-15H;1H3. The summed E-state index contributed by atoms with van der Waals surface area (Å²) in [4.78, 5) is 0. The monoisotopic (exact) mass is 293 g/mol. The summed E-state index contributed by atoms with van der Waals surface area (Å²) < 4.78 is 0. The molecule has 1 radical (unpaired) electrons. The Bertz CT molecular complexity index is 529. The van der Waals surface area contributed by atoms with Crippen molar-refractivity contribution in [3.63, 3.8) is 0 Å².